The molecule has 0 aromatic heterocycles. The molecule has 2 aromatic rings. The summed E-state index contributed by atoms with van der Waals surface area (Å²) in [6.45, 7) is 1.22. The summed E-state index contributed by atoms with van der Waals surface area (Å²) < 4.78 is 54.3. The Labute approximate surface area is 147 Å². The fourth-order valence-electron chi connectivity index (χ4n) is 1.93. The van der Waals surface area contributed by atoms with Crippen LogP contribution in [0, 0.1) is 11.6 Å². The van der Waals surface area contributed by atoms with Crippen molar-refractivity contribution in [3.05, 3.63) is 59.7 Å². The summed E-state index contributed by atoms with van der Waals surface area (Å²) in [5, 5.41) is 7.25. The maximum Gasteiger partial charge on any atom is 0.341 e. The van der Waals surface area contributed by atoms with Gasteiger partial charge in [-0.2, -0.15) is 0 Å². The number of halogens is 2. The number of carbonyl (C=O) groups is 2. The lowest BCUT2D eigenvalue weighted by Gasteiger charge is -2.14. The average Bonchev–Trinajstić information content (AvgIpc) is 2.53. The monoisotopic (exact) mass is 384 g/mol. The van der Waals surface area contributed by atoms with Crippen LogP contribution in [-0.4, -0.2) is 26.4 Å². The minimum absolute atomic E-state index is 0.139. The van der Waals surface area contributed by atoms with Crippen LogP contribution in [0.15, 0.2) is 47.4 Å². The number of amides is 1. The molecule has 2 aromatic carbocycles. The summed E-state index contributed by atoms with van der Waals surface area (Å²) in [4.78, 5) is 23.5. The molecule has 0 saturated carbocycles. The van der Waals surface area contributed by atoms with Crippen molar-refractivity contribution < 1.29 is 31.5 Å². The van der Waals surface area contributed by atoms with E-state index in [9.17, 15) is 26.8 Å². The van der Waals surface area contributed by atoms with Crippen LogP contribution in [0.2, 0.25) is 0 Å². The third kappa shape index (κ3) is 4.83. The second-order valence-corrected chi connectivity index (χ2v) is 6.80. The summed E-state index contributed by atoms with van der Waals surface area (Å²) in [5.74, 6) is -3.66. The Morgan fingerprint density at radius 1 is 1.15 bits per heavy atom. The number of nitrogens with one attached hydrogen (secondary N) is 1. The van der Waals surface area contributed by atoms with Gasteiger partial charge >= 0.3 is 5.97 Å². The molecular weight excluding hydrogens is 370 g/mol. The van der Waals surface area contributed by atoms with E-state index in [-0.39, 0.29) is 5.69 Å². The average molecular weight is 384 g/mol. The number of nitrogens with two attached hydrogens (primary N) is 1. The van der Waals surface area contributed by atoms with Crippen LogP contribution in [0.25, 0.3) is 0 Å². The van der Waals surface area contributed by atoms with Crippen LogP contribution < -0.4 is 10.5 Å². The van der Waals surface area contributed by atoms with E-state index < -0.39 is 50.1 Å². The van der Waals surface area contributed by atoms with Crippen LogP contribution in [0.3, 0.4) is 0 Å². The molecular formula is C16H14F2N2O5S. The third-order valence-electron chi connectivity index (χ3n) is 3.23. The van der Waals surface area contributed by atoms with Gasteiger partial charge in [0, 0.05) is 5.69 Å². The van der Waals surface area contributed by atoms with Crippen molar-refractivity contribution in [3.8, 4) is 0 Å². The van der Waals surface area contributed by atoms with Gasteiger partial charge in [0.25, 0.3) is 5.91 Å². The third-order valence-corrected chi connectivity index (χ3v) is 4.14. The molecule has 138 valence electrons. The van der Waals surface area contributed by atoms with Crippen molar-refractivity contribution in [2.45, 2.75) is 17.9 Å². The summed E-state index contributed by atoms with van der Waals surface area (Å²) in [7, 11) is -4.15. The van der Waals surface area contributed by atoms with E-state index in [4.69, 9.17) is 9.88 Å². The Kier molecular flexibility index (Phi) is 5.68. The molecule has 0 radical (unpaired) electrons. The first-order valence-electron chi connectivity index (χ1n) is 7.17. The Hall–Kier alpha value is -2.85. The summed E-state index contributed by atoms with van der Waals surface area (Å²) in [6.07, 6.45) is -1.36. The molecule has 26 heavy (non-hydrogen) atoms. The SMILES string of the molecule is C[C@@H](OC(=O)c1cc(S(N)(=O)=O)ccc1F)C(=O)Nc1cccc(F)c1. The van der Waals surface area contributed by atoms with E-state index in [1.165, 1.54) is 25.1 Å². The standard InChI is InChI=1S/C16H14F2N2O5S/c1-9(15(21)20-11-4-2-3-10(17)7-11)25-16(22)13-8-12(26(19,23)24)5-6-14(13)18/h2-9H,1H3,(H,20,21)(H2,19,23,24)/t9-/m1/s1. The number of ether oxygens (including phenoxy) is 1. The van der Waals surface area contributed by atoms with E-state index in [1.54, 1.807) is 0 Å². The van der Waals surface area contributed by atoms with Gasteiger partial charge in [-0.15, -0.1) is 0 Å². The van der Waals surface area contributed by atoms with E-state index in [0.717, 1.165) is 18.2 Å². The Morgan fingerprint density at radius 3 is 2.46 bits per heavy atom. The number of anilines is 1. The molecule has 10 heteroatoms. The van der Waals surface area contributed by atoms with E-state index in [0.29, 0.717) is 6.07 Å². The second kappa shape index (κ2) is 7.58. The lowest BCUT2D eigenvalue weighted by Crippen LogP contribution is -2.30. The highest BCUT2D eigenvalue weighted by molar-refractivity contribution is 7.89. The normalized spacial score (nSPS) is 12.3. The molecule has 0 saturated heterocycles. The summed E-state index contributed by atoms with van der Waals surface area (Å²) >= 11 is 0. The maximum atomic E-state index is 13.8. The van der Waals surface area contributed by atoms with E-state index in [1.807, 2.05) is 0 Å². The molecule has 0 fully saturated rings. The van der Waals surface area contributed by atoms with Crippen molar-refractivity contribution in [2.24, 2.45) is 5.14 Å². The lowest BCUT2D eigenvalue weighted by atomic mass is 10.2. The predicted octanol–water partition coefficient (Wildman–Crippen LogP) is 1.80. The van der Waals surface area contributed by atoms with Gasteiger partial charge in [0.15, 0.2) is 6.10 Å². The molecule has 1 atom stereocenters. The van der Waals surface area contributed by atoms with Gasteiger partial charge in [-0.25, -0.2) is 27.1 Å². The summed E-state index contributed by atoms with van der Waals surface area (Å²) in [5.41, 5.74) is -0.553. The first-order chi connectivity index (χ1) is 12.1. The highest BCUT2D eigenvalue weighted by atomic mass is 32.2. The molecule has 0 aliphatic carbocycles. The fraction of sp³-hybridized carbons (Fsp3) is 0.125. The van der Waals surface area contributed by atoms with Crippen LogP contribution in [-0.2, 0) is 19.6 Å². The Bertz CT molecular complexity index is 963. The number of esters is 1. The van der Waals surface area contributed by atoms with Gasteiger partial charge in [-0.3, -0.25) is 4.79 Å². The number of primary sulfonamides is 1. The molecule has 0 unspecified atom stereocenters. The zero-order valence-electron chi connectivity index (χ0n) is 13.4. The fourth-order valence-corrected chi connectivity index (χ4v) is 2.47. The molecule has 0 aliphatic heterocycles. The van der Waals surface area contributed by atoms with Gasteiger partial charge in [-0.05, 0) is 43.3 Å². The minimum atomic E-state index is -4.15. The van der Waals surface area contributed by atoms with E-state index in [2.05, 4.69) is 5.32 Å². The van der Waals surface area contributed by atoms with Crippen molar-refractivity contribution in [1.82, 2.24) is 0 Å². The van der Waals surface area contributed by atoms with Crippen LogP contribution >= 0.6 is 0 Å². The molecule has 0 bridgehead atoms. The van der Waals surface area contributed by atoms with Crippen LogP contribution in [0.4, 0.5) is 14.5 Å². The number of carbonyl (C=O) groups excluding carboxylic acids is 2. The molecule has 0 heterocycles. The predicted molar refractivity (Wildman–Crippen MR) is 87.7 cm³/mol. The highest BCUT2D eigenvalue weighted by Gasteiger charge is 2.23. The molecule has 3 N–H and O–H groups in total. The van der Waals surface area contributed by atoms with Gasteiger partial charge < -0.3 is 10.1 Å². The number of sulfonamides is 1. The maximum absolute atomic E-state index is 13.8. The highest BCUT2D eigenvalue weighted by Crippen LogP contribution is 2.16. The van der Waals surface area contributed by atoms with Gasteiger partial charge in [0.1, 0.15) is 11.6 Å². The minimum Gasteiger partial charge on any atom is -0.449 e. The van der Waals surface area contributed by atoms with Gasteiger partial charge in [-0.1, -0.05) is 6.07 Å². The zero-order valence-corrected chi connectivity index (χ0v) is 14.2. The van der Waals surface area contributed by atoms with Gasteiger partial charge in [0.2, 0.25) is 10.0 Å². The topological polar surface area (TPSA) is 116 Å². The quantitative estimate of drug-likeness (QED) is 0.763. The smallest absolute Gasteiger partial charge is 0.341 e. The molecule has 2 rings (SSSR count). The number of hydrogen-bond donors (Lipinski definition) is 2. The first kappa shape index (κ1) is 19.5. The Balaban J connectivity index is 2.12. The van der Waals surface area contributed by atoms with Gasteiger partial charge in [0.05, 0.1) is 10.5 Å². The van der Waals surface area contributed by atoms with Crippen LogP contribution in [0.5, 0.6) is 0 Å². The number of benzene rings is 2. The van der Waals surface area contributed by atoms with E-state index >= 15 is 0 Å². The summed E-state index contributed by atoms with van der Waals surface area (Å²) in [6, 6.07) is 7.38. The molecule has 7 nitrogen and oxygen atoms in total. The number of hydrogen-bond acceptors (Lipinski definition) is 5. The second-order valence-electron chi connectivity index (χ2n) is 5.23. The van der Waals surface area contributed by atoms with Crippen molar-refractivity contribution in [1.29, 1.82) is 0 Å². The zero-order chi connectivity index (χ0) is 19.5. The van der Waals surface area contributed by atoms with Crippen molar-refractivity contribution in [3.63, 3.8) is 0 Å². The largest absolute Gasteiger partial charge is 0.449 e. The van der Waals surface area contributed by atoms with Crippen molar-refractivity contribution in [2.75, 3.05) is 5.32 Å². The Morgan fingerprint density at radius 2 is 1.85 bits per heavy atom. The molecule has 0 aliphatic rings. The van der Waals surface area contributed by atoms with Crippen molar-refractivity contribution >= 4 is 27.6 Å². The van der Waals surface area contributed by atoms with Crippen LogP contribution in [0.1, 0.15) is 17.3 Å². The first-order valence-corrected chi connectivity index (χ1v) is 8.72. The number of rotatable bonds is 5. The molecule has 0 spiro atoms. The molecule has 1 amide bonds. The lowest BCUT2D eigenvalue weighted by molar-refractivity contribution is -0.123.